The lowest BCUT2D eigenvalue weighted by atomic mass is 10.3. The summed E-state index contributed by atoms with van der Waals surface area (Å²) in [6, 6.07) is 9.98. The maximum atomic E-state index is 13.6. The molecule has 2 aromatic rings. The van der Waals surface area contributed by atoms with Gasteiger partial charge in [-0.25, -0.2) is 12.8 Å². The third kappa shape index (κ3) is 5.41. The van der Waals surface area contributed by atoms with Crippen LogP contribution in [-0.2, 0) is 14.8 Å². The Balaban J connectivity index is 1.99. The number of halogens is 2. The van der Waals surface area contributed by atoms with Crippen LogP contribution in [0.25, 0.3) is 0 Å². The summed E-state index contributed by atoms with van der Waals surface area (Å²) in [5.41, 5.74) is 0.560. The lowest BCUT2D eigenvalue weighted by molar-refractivity contribution is -0.114. The molecule has 0 radical (unpaired) electrons. The van der Waals surface area contributed by atoms with Gasteiger partial charge in [0.25, 0.3) is 0 Å². The van der Waals surface area contributed by atoms with Gasteiger partial charge in [0.1, 0.15) is 5.82 Å². The number of hydrogen-bond acceptors (Lipinski definition) is 4. The fraction of sp³-hybridized carbons (Fsp3) is 0.278. The number of nitrogens with zero attached hydrogens (tertiary/aromatic N) is 1. The Morgan fingerprint density at radius 2 is 1.74 bits per heavy atom. The van der Waals surface area contributed by atoms with Crippen LogP contribution in [0.4, 0.5) is 15.8 Å². The predicted octanol–water partition coefficient (Wildman–Crippen LogP) is 3.56. The normalized spacial score (nSPS) is 11.4. The van der Waals surface area contributed by atoms with Crippen LogP contribution >= 0.6 is 11.6 Å². The van der Waals surface area contributed by atoms with Crippen LogP contribution in [0.1, 0.15) is 13.8 Å². The third-order valence-electron chi connectivity index (χ3n) is 3.85. The first-order valence-electron chi connectivity index (χ1n) is 8.37. The summed E-state index contributed by atoms with van der Waals surface area (Å²) in [5.74, 6) is -1.05. The van der Waals surface area contributed by atoms with Gasteiger partial charge in [0.15, 0.2) is 0 Å². The Morgan fingerprint density at radius 1 is 1.11 bits per heavy atom. The van der Waals surface area contributed by atoms with Crippen molar-refractivity contribution in [1.82, 2.24) is 4.31 Å². The molecule has 0 unspecified atom stereocenters. The van der Waals surface area contributed by atoms with E-state index in [1.54, 1.807) is 26.0 Å². The topological polar surface area (TPSA) is 78.5 Å². The molecular formula is C18H21ClFN3O3S. The maximum absolute atomic E-state index is 13.6. The number of hydrogen-bond donors (Lipinski definition) is 2. The van der Waals surface area contributed by atoms with E-state index in [-0.39, 0.29) is 17.1 Å². The molecule has 2 N–H and O–H groups in total. The van der Waals surface area contributed by atoms with E-state index in [4.69, 9.17) is 11.6 Å². The zero-order chi connectivity index (χ0) is 20.0. The summed E-state index contributed by atoms with van der Waals surface area (Å²) in [6.45, 7) is 4.21. The molecule has 1 amide bonds. The van der Waals surface area contributed by atoms with Gasteiger partial charge in [-0.1, -0.05) is 25.4 Å². The highest BCUT2D eigenvalue weighted by Gasteiger charge is 2.21. The Morgan fingerprint density at radius 3 is 2.33 bits per heavy atom. The summed E-state index contributed by atoms with van der Waals surface area (Å²) in [5, 5.41) is 5.59. The molecule has 0 saturated carbocycles. The van der Waals surface area contributed by atoms with Gasteiger partial charge >= 0.3 is 0 Å². The zero-order valence-corrected chi connectivity index (χ0v) is 16.6. The number of nitrogens with one attached hydrogen (secondary N) is 2. The number of rotatable bonds is 8. The van der Waals surface area contributed by atoms with Crippen LogP contribution in [0.15, 0.2) is 47.4 Å². The molecule has 0 aromatic heterocycles. The van der Waals surface area contributed by atoms with E-state index in [2.05, 4.69) is 10.6 Å². The van der Waals surface area contributed by atoms with Crippen molar-refractivity contribution in [2.75, 3.05) is 30.3 Å². The molecule has 0 aliphatic carbocycles. The molecule has 2 rings (SSSR count). The van der Waals surface area contributed by atoms with Crippen molar-refractivity contribution in [1.29, 1.82) is 0 Å². The quantitative estimate of drug-likeness (QED) is 0.693. The van der Waals surface area contributed by atoms with Gasteiger partial charge < -0.3 is 10.6 Å². The van der Waals surface area contributed by atoms with E-state index in [1.807, 2.05) is 0 Å². The third-order valence-corrected chi connectivity index (χ3v) is 6.15. The Bertz CT molecular complexity index is 901. The van der Waals surface area contributed by atoms with E-state index in [1.165, 1.54) is 34.6 Å². The van der Waals surface area contributed by atoms with Crippen LogP contribution in [0.5, 0.6) is 0 Å². The predicted molar refractivity (Wildman–Crippen MR) is 105 cm³/mol. The molecule has 2 aromatic carbocycles. The second-order valence-electron chi connectivity index (χ2n) is 5.64. The highest BCUT2D eigenvalue weighted by molar-refractivity contribution is 7.89. The molecule has 0 bridgehead atoms. The maximum Gasteiger partial charge on any atom is 0.243 e. The van der Waals surface area contributed by atoms with E-state index in [0.29, 0.717) is 23.8 Å². The molecule has 0 heterocycles. The first kappa shape index (κ1) is 21.1. The highest BCUT2D eigenvalue weighted by atomic mass is 35.5. The Kier molecular flexibility index (Phi) is 7.18. The second-order valence-corrected chi connectivity index (χ2v) is 8.01. The van der Waals surface area contributed by atoms with Crippen LogP contribution in [-0.4, -0.2) is 38.3 Å². The minimum atomic E-state index is -3.53. The van der Waals surface area contributed by atoms with Gasteiger partial charge in [0, 0.05) is 23.8 Å². The molecule has 9 heteroatoms. The number of carbonyl (C=O) groups is 1. The van der Waals surface area contributed by atoms with Crippen LogP contribution < -0.4 is 10.6 Å². The fourth-order valence-electron chi connectivity index (χ4n) is 2.43. The monoisotopic (exact) mass is 413 g/mol. The Hall–Kier alpha value is -2.16. The van der Waals surface area contributed by atoms with Crippen LogP contribution in [0.3, 0.4) is 0 Å². The summed E-state index contributed by atoms with van der Waals surface area (Å²) in [7, 11) is -3.53. The van der Waals surface area contributed by atoms with Crippen LogP contribution in [0.2, 0.25) is 5.02 Å². The summed E-state index contributed by atoms with van der Waals surface area (Å²) < 4.78 is 39.8. The van der Waals surface area contributed by atoms with Crippen LogP contribution in [0, 0.1) is 5.82 Å². The molecule has 0 fully saturated rings. The van der Waals surface area contributed by atoms with E-state index < -0.39 is 21.7 Å². The first-order valence-corrected chi connectivity index (χ1v) is 10.2. The summed E-state index contributed by atoms with van der Waals surface area (Å²) in [6.07, 6.45) is 0. The van der Waals surface area contributed by atoms with E-state index in [9.17, 15) is 17.6 Å². The number of amides is 1. The van der Waals surface area contributed by atoms with Gasteiger partial charge in [-0.05, 0) is 42.5 Å². The Labute approximate surface area is 163 Å². The molecule has 0 aliphatic heterocycles. The average Bonchev–Trinajstić information content (AvgIpc) is 2.64. The summed E-state index contributed by atoms with van der Waals surface area (Å²) in [4.78, 5) is 12.1. The molecule has 6 nitrogen and oxygen atoms in total. The highest BCUT2D eigenvalue weighted by Crippen LogP contribution is 2.20. The zero-order valence-electron chi connectivity index (χ0n) is 15.0. The van der Waals surface area contributed by atoms with Crippen molar-refractivity contribution < 1.29 is 17.6 Å². The molecule has 0 aliphatic rings. The largest absolute Gasteiger partial charge is 0.376 e. The van der Waals surface area contributed by atoms with Gasteiger partial charge in [-0.15, -0.1) is 0 Å². The summed E-state index contributed by atoms with van der Waals surface area (Å²) >= 11 is 5.78. The lowest BCUT2D eigenvalue weighted by Crippen LogP contribution is -2.30. The first-order chi connectivity index (χ1) is 12.8. The second kappa shape index (κ2) is 9.16. The van der Waals surface area contributed by atoms with Crippen molar-refractivity contribution in [3.8, 4) is 0 Å². The molecule has 27 heavy (non-hydrogen) atoms. The lowest BCUT2D eigenvalue weighted by Gasteiger charge is -2.18. The van der Waals surface area contributed by atoms with E-state index in [0.717, 1.165) is 0 Å². The van der Waals surface area contributed by atoms with Crippen molar-refractivity contribution >= 4 is 38.9 Å². The van der Waals surface area contributed by atoms with Crippen molar-refractivity contribution in [2.45, 2.75) is 18.7 Å². The van der Waals surface area contributed by atoms with E-state index >= 15 is 0 Å². The van der Waals surface area contributed by atoms with Crippen molar-refractivity contribution in [2.24, 2.45) is 0 Å². The molecule has 146 valence electrons. The molecule has 0 saturated heterocycles. The van der Waals surface area contributed by atoms with Crippen molar-refractivity contribution in [3.05, 3.63) is 53.3 Å². The number of benzene rings is 2. The minimum Gasteiger partial charge on any atom is -0.376 e. The van der Waals surface area contributed by atoms with Gasteiger partial charge in [0.05, 0.1) is 17.1 Å². The van der Waals surface area contributed by atoms with Crippen molar-refractivity contribution in [3.63, 3.8) is 0 Å². The fourth-order valence-corrected chi connectivity index (χ4v) is 4.06. The standard InChI is InChI=1S/C18H21ClFN3O3S/c1-3-23(4-2)27(25,26)15-8-6-14(7-9-15)21-12-18(24)22-17-11-13(19)5-10-16(17)20/h5-11,21H,3-4,12H2,1-2H3,(H,22,24). The average molecular weight is 414 g/mol. The number of carbonyl (C=O) groups excluding carboxylic acids is 1. The SMILES string of the molecule is CCN(CC)S(=O)(=O)c1ccc(NCC(=O)Nc2cc(Cl)ccc2F)cc1. The number of sulfonamides is 1. The molecule has 0 atom stereocenters. The van der Waals surface area contributed by atoms with Gasteiger partial charge in [-0.3, -0.25) is 4.79 Å². The molecular weight excluding hydrogens is 393 g/mol. The smallest absolute Gasteiger partial charge is 0.243 e. The molecule has 0 spiro atoms. The van der Waals surface area contributed by atoms with Gasteiger partial charge in [-0.2, -0.15) is 4.31 Å². The number of anilines is 2. The minimum absolute atomic E-state index is 0.00466. The van der Waals surface area contributed by atoms with Gasteiger partial charge in [0.2, 0.25) is 15.9 Å².